The van der Waals surface area contributed by atoms with Gasteiger partial charge in [-0.3, -0.25) is 9.59 Å². The zero-order valence-corrected chi connectivity index (χ0v) is 10.5. The fraction of sp³-hybridized carbons (Fsp3) is 0.385. The minimum atomic E-state index is -0.126. The lowest BCUT2D eigenvalue weighted by atomic mass is 10.0. The second-order valence-corrected chi connectivity index (χ2v) is 4.56. The fourth-order valence-corrected chi connectivity index (χ4v) is 1.75. The highest BCUT2D eigenvalue weighted by molar-refractivity contribution is 5.95. The summed E-state index contributed by atoms with van der Waals surface area (Å²) in [5, 5.41) is 8.66. The first-order valence-electron chi connectivity index (χ1n) is 5.96. The number of anilines is 2. The standard InChI is InChI=1S/C13H17N3O2/c1-8-3-4-11(15-9(2)17)5-12(8)16-13(18)10-6-14-7-10/h3-5,10,14H,6-7H2,1-2H3,(H,15,17)(H,16,18). The SMILES string of the molecule is CC(=O)Nc1ccc(C)c(NC(=O)C2CNC2)c1. The Morgan fingerprint density at radius 3 is 2.56 bits per heavy atom. The van der Waals surface area contributed by atoms with E-state index in [1.165, 1.54) is 6.92 Å². The van der Waals surface area contributed by atoms with Gasteiger partial charge in [-0.15, -0.1) is 0 Å². The molecule has 0 bridgehead atoms. The van der Waals surface area contributed by atoms with Gasteiger partial charge in [-0.25, -0.2) is 0 Å². The first-order valence-corrected chi connectivity index (χ1v) is 5.96. The van der Waals surface area contributed by atoms with Crippen molar-refractivity contribution in [3.05, 3.63) is 23.8 Å². The van der Waals surface area contributed by atoms with Crippen LogP contribution in [0.1, 0.15) is 12.5 Å². The van der Waals surface area contributed by atoms with Gasteiger partial charge in [0.05, 0.1) is 5.92 Å². The maximum absolute atomic E-state index is 11.8. The number of hydrogen-bond donors (Lipinski definition) is 3. The summed E-state index contributed by atoms with van der Waals surface area (Å²) in [5.74, 6) is -0.0510. The van der Waals surface area contributed by atoms with Crippen molar-refractivity contribution in [3.63, 3.8) is 0 Å². The number of amides is 2. The van der Waals surface area contributed by atoms with Crippen molar-refractivity contribution in [2.24, 2.45) is 5.92 Å². The molecule has 1 aromatic carbocycles. The molecule has 1 saturated heterocycles. The number of aryl methyl sites for hydroxylation is 1. The molecule has 0 aliphatic carbocycles. The van der Waals surface area contributed by atoms with Crippen LogP contribution >= 0.6 is 0 Å². The predicted molar refractivity (Wildman–Crippen MR) is 70.5 cm³/mol. The first-order chi connectivity index (χ1) is 8.56. The van der Waals surface area contributed by atoms with Gasteiger partial charge >= 0.3 is 0 Å². The molecule has 1 aliphatic heterocycles. The quantitative estimate of drug-likeness (QED) is 0.749. The molecule has 5 nitrogen and oxygen atoms in total. The van der Waals surface area contributed by atoms with Crippen LogP contribution in [-0.4, -0.2) is 24.9 Å². The Morgan fingerprint density at radius 1 is 1.28 bits per heavy atom. The van der Waals surface area contributed by atoms with Crippen LogP contribution < -0.4 is 16.0 Å². The molecule has 5 heteroatoms. The molecule has 0 spiro atoms. The molecule has 0 radical (unpaired) electrons. The van der Waals surface area contributed by atoms with Crippen LogP contribution in [0, 0.1) is 12.8 Å². The summed E-state index contributed by atoms with van der Waals surface area (Å²) in [4.78, 5) is 22.8. The maximum Gasteiger partial charge on any atom is 0.230 e. The van der Waals surface area contributed by atoms with Gasteiger partial charge in [0.25, 0.3) is 0 Å². The van der Waals surface area contributed by atoms with Gasteiger partial charge in [-0.1, -0.05) is 6.07 Å². The van der Waals surface area contributed by atoms with E-state index in [2.05, 4.69) is 16.0 Å². The lowest BCUT2D eigenvalue weighted by molar-refractivity contribution is -0.121. The maximum atomic E-state index is 11.8. The molecular weight excluding hydrogens is 230 g/mol. The van der Waals surface area contributed by atoms with E-state index in [1.807, 2.05) is 19.1 Å². The number of benzene rings is 1. The van der Waals surface area contributed by atoms with Crippen LogP contribution in [-0.2, 0) is 9.59 Å². The number of hydrogen-bond acceptors (Lipinski definition) is 3. The van der Waals surface area contributed by atoms with Crippen molar-refractivity contribution >= 4 is 23.2 Å². The van der Waals surface area contributed by atoms with E-state index in [0.717, 1.165) is 24.3 Å². The van der Waals surface area contributed by atoms with Gasteiger partial charge in [0.15, 0.2) is 0 Å². The van der Waals surface area contributed by atoms with Crippen molar-refractivity contribution in [1.82, 2.24) is 5.32 Å². The summed E-state index contributed by atoms with van der Waals surface area (Å²) in [7, 11) is 0. The summed E-state index contributed by atoms with van der Waals surface area (Å²) in [5.41, 5.74) is 2.41. The number of carbonyl (C=O) groups is 2. The van der Waals surface area contributed by atoms with Crippen LogP contribution in [0.15, 0.2) is 18.2 Å². The molecule has 1 heterocycles. The van der Waals surface area contributed by atoms with Crippen LogP contribution in [0.2, 0.25) is 0 Å². The molecule has 0 unspecified atom stereocenters. The predicted octanol–water partition coefficient (Wildman–Crippen LogP) is 1.11. The Labute approximate surface area is 106 Å². The lowest BCUT2D eigenvalue weighted by Crippen LogP contribution is -2.48. The molecule has 3 N–H and O–H groups in total. The highest BCUT2D eigenvalue weighted by Gasteiger charge is 2.25. The van der Waals surface area contributed by atoms with Crippen LogP contribution in [0.4, 0.5) is 11.4 Å². The molecule has 2 amide bonds. The van der Waals surface area contributed by atoms with Crippen LogP contribution in [0.3, 0.4) is 0 Å². The number of carbonyl (C=O) groups excluding carboxylic acids is 2. The fourth-order valence-electron chi connectivity index (χ4n) is 1.75. The van der Waals surface area contributed by atoms with E-state index >= 15 is 0 Å². The monoisotopic (exact) mass is 247 g/mol. The molecule has 96 valence electrons. The van der Waals surface area contributed by atoms with Crippen molar-refractivity contribution in [2.45, 2.75) is 13.8 Å². The third kappa shape index (κ3) is 2.87. The summed E-state index contributed by atoms with van der Waals surface area (Å²) in [6.07, 6.45) is 0. The third-order valence-corrected chi connectivity index (χ3v) is 2.97. The molecule has 18 heavy (non-hydrogen) atoms. The Morgan fingerprint density at radius 2 is 2.00 bits per heavy atom. The van der Waals surface area contributed by atoms with E-state index in [1.54, 1.807) is 6.07 Å². The van der Waals surface area contributed by atoms with Crippen molar-refractivity contribution in [3.8, 4) is 0 Å². The first kappa shape index (κ1) is 12.6. The Balaban J connectivity index is 2.10. The molecule has 1 fully saturated rings. The molecule has 1 aliphatic rings. The molecule has 0 aromatic heterocycles. The normalized spacial score (nSPS) is 14.8. The Hall–Kier alpha value is -1.88. The van der Waals surface area contributed by atoms with E-state index < -0.39 is 0 Å². The molecule has 2 rings (SSSR count). The minimum Gasteiger partial charge on any atom is -0.326 e. The topological polar surface area (TPSA) is 70.2 Å². The van der Waals surface area contributed by atoms with Crippen molar-refractivity contribution < 1.29 is 9.59 Å². The van der Waals surface area contributed by atoms with E-state index in [4.69, 9.17) is 0 Å². The molecular formula is C13H17N3O2. The summed E-state index contributed by atoms with van der Waals surface area (Å²) >= 11 is 0. The van der Waals surface area contributed by atoms with Gasteiger partial charge in [0.1, 0.15) is 0 Å². The van der Waals surface area contributed by atoms with Gasteiger partial charge in [0, 0.05) is 31.4 Å². The summed E-state index contributed by atoms with van der Waals surface area (Å²) in [6.45, 7) is 4.84. The second kappa shape index (κ2) is 5.18. The van der Waals surface area contributed by atoms with E-state index in [9.17, 15) is 9.59 Å². The second-order valence-electron chi connectivity index (χ2n) is 4.56. The average molecular weight is 247 g/mol. The van der Waals surface area contributed by atoms with Crippen LogP contribution in [0.25, 0.3) is 0 Å². The van der Waals surface area contributed by atoms with E-state index in [-0.39, 0.29) is 17.7 Å². The lowest BCUT2D eigenvalue weighted by Gasteiger charge is -2.26. The number of nitrogens with one attached hydrogen (secondary N) is 3. The Kier molecular flexibility index (Phi) is 3.62. The van der Waals surface area contributed by atoms with Crippen molar-refractivity contribution in [1.29, 1.82) is 0 Å². The zero-order valence-electron chi connectivity index (χ0n) is 10.5. The molecule has 1 aromatic rings. The smallest absolute Gasteiger partial charge is 0.230 e. The van der Waals surface area contributed by atoms with Gasteiger partial charge in [0.2, 0.25) is 11.8 Å². The highest BCUT2D eigenvalue weighted by atomic mass is 16.2. The van der Waals surface area contributed by atoms with E-state index in [0.29, 0.717) is 5.69 Å². The zero-order chi connectivity index (χ0) is 13.1. The molecule has 0 saturated carbocycles. The van der Waals surface area contributed by atoms with Gasteiger partial charge in [-0.2, -0.15) is 0 Å². The van der Waals surface area contributed by atoms with Crippen LogP contribution in [0.5, 0.6) is 0 Å². The summed E-state index contributed by atoms with van der Waals surface area (Å²) in [6, 6.07) is 5.47. The molecule has 0 atom stereocenters. The van der Waals surface area contributed by atoms with Gasteiger partial charge < -0.3 is 16.0 Å². The summed E-state index contributed by atoms with van der Waals surface area (Å²) < 4.78 is 0. The van der Waals surface area contributed by atoms with Crippen molar-refractivity contribution in [2.75, 3.05) is 23.7 Å². The number of rotatable bonds is 3. The van der Waals surface area contributed by atoms with Gasteiger partial charge in [-0.05, 0) is 24.6 Å². The Bertz CT molecular complexity index is 481. The highest BCUT2D eigenvalue weighted by Crippen LogP contribution is 2.21. The average Bonchev–Trinajstić information content (AvgIpc) is 2.19. The third-order valence-electron chi connectivity index (χ3n) is 2.97. The largest absolute Gasteiger partial charge is 0.326 e. The minimum absolute atomic E-state index is 0.0248.